The van der Waals surface area contributed by atoms with Gasteiger partial charge in [0.2, 0.25) is 10.7 Å². The number of hydrogen-bond donors (Lipinski definition) is 0. The molecule has 6 aromatic heterocycles. The third kappa shape index (κ3) is 28.7. The van der Waals surface area contributed by atoms with Gasteiger partial charge in [-0.1, -0.05) is 122 Å². The molecule has 18 rings (SSSR count). The number of carbonyl (C=O) groups is 3. The van der Waals surface area contributed by atoms with E-state index >= 15 is 0 Å². The van der Waals surface area contributed by atoms with E-state index in [4.69, 9.17) is 29.5 Å². The second-order valence-electron chi connectivity index (χ2n) is 36.2. The maximum Gasteiger partial charge on any atom is 2.00 e. The van der Waals surface area contributed by atoms with Crippen molar-refractivity contribution in [3.63, 3.8) is 0 Å². The molecule has 2 aliphatic carbocycles. The third-order valence-electron chi connectivity index (χ3n) is 26.4. The van der Waals surface area contributed by atoms with Gasteiger partial charge in [-0.2, -0.15) is 0 Å². The molecule has 28 heteroatoms. The van der Waals surface area contributed by atoms with E-state index in [9.17, 15) is 29.7 Å². The fourth-order valence-corrected chi connectivity index (χ4v) is 18.5. The van der Waals surface area contributed by atoms with Crippen LogP contribution in [0.3, 0.4) is 0 Å². The van der Waals surface area contributed by atoms with E-state index < -0.39 is 17.9 Å². The Balaban J connectivity index is 0.000000185. The number of carbonyl (C=O) groups excluding carboxylic acids is 3. The number of aromatic carboxylic acids is 3. The molecule has 3 aliphatic heterocycles. The van der Waals surface area contributed by atoms with Gasteiger partial charge in [0.05, 0.1) is 47.1 Å². The number of carboxylic acid groups (broad SMARTS) is 3. The van der Waals surface area contributed by atoms with Crippen LogP contribution in [-0.4, -0.2) is 176 Å². The normalized spacial score (nSPS) is 11.4. The Morgan fingerprint density at radius 3 is 1.16 bits per heavy atom. The van der Waals surface area contributed by atoms with Crippen LogP contribution in [0, 0.1) is 0 Å². The second-order valence-corrected chi connectivity index (χ2v) is 36.2. The summed E-state index contributed by atoms with van der Waals surface area (Å²) in [6.07, 6.45) is 16.1. The van der Waals surface area contributed by atoms with E-state index in [0.29, 0.717) is 127 Å². The van der Waals surface area contributed by atoms with E-state index in [0.717, 1.165) is 188 Å². The summed E-state index contributed by atoms with van der Waals surface area (Å²) >= 11 is 0. The minimum Gasteiger partial charge on any atom is -0.683 e. The molecule has 0 unspecified atom stereocenters. The van der Waals surface area contributed by atoms with E-state index in [2.05, 4.69) is 119 Å². The van der Waals surface area contributed by atoms with Crippen LogP contribution in [0.15, 0.2) is 319 Å². The molecule has 0 N–H and O–H groups in total. The molecular weight excluding hydrogens is 2020 g/mol. The second kappa shape index (κ2) is 54.4. The predicted molar refractivity (Wildman–Crippen MR) is 577 cm³/mol. The number of ether oxygens (including phenoxy) is 1. The molecule has 0 fully saturated rings. The van der Waals surface area contributed by atoms with Crippen molar-refractivity contribution in [2.24, 2.45) is 0 Å². The average Bonchev–Trinajstić information content (AvgIpc) is 0.753. The number of hydrogen-bond acceptors (Lipinski definition) is 20. The summed E-state index contributed by atoms with van der Waals surface area (Å²) in [5.74, 6) is -0.983. The fourth-order valence-electron chi connectivity index (χ4n) is 18.5. The van der Waals surface area contributed by atoms with Crippen LogP contribution < -0.4 is 60.2 Å². The van der Waals surface area contributed by atoms with E-state index in [1.807, 2.05) is 294 Å². The van der Waals surface area contributed by atoms with Crippen molar-refractivity contribution >= 4 is 79.9 Å². The van der Waals surface area contributed by atoms with E-state index in [1.54, 1.807) is 36.8 Å². The van der Waals surface area contributed by atoms with Gasteiger partial charge in [-0.25, -0.2) is 9.15 Å². The summed E-state index contributed by atoms with van der Waals surface area (Å²) < 4.78 is 23.7. The Bertz CT molecular complexity index is 7610. The van der Waals surface area contributed by atoms with Crippen molar-refractivity contribution in [1.29, 1.82) is 0 Å². The molecular formula is C121H122N16O9Zn3+2. The molecule has 5 aliphatic rings. The van der Waals surface area contributed by atoms with Crippen LogP contribution in [0.5, 0.6) is 11.5 Å². The minimum atomic E-state index is -1.26. The number of aromatic nitrogens is 6. The molecule has 25 nitrogen and oxygen atoms in total. The smallest absolute Gasteiger partial charge is 0.683 e. The molecule has 0 amide bonds. The van der Waals surface area contributed by atoms with Gasteiger partial charge in [0.25, 0.3) is 0 Å². The van der Waals surface area contributed by atoms with Gasteiger partial charge >= 0.3 is 58.4 Å². The van der Waals surface area contributed by atoms with Crippen LogP contribution in [0.25, 0.3) is 94.4 Å². The van der Waals surface area contributed by atoms with E-state index in [1.165, 1.54) is 0 Å². The summed E-state index contributed by atoms with van der Waals surface area (Å²) in [6, 6.07) is 88.1. The molecule has 0 saturated heterocycles. The number of pyridine rings is 6. The molecule has 7 aromatic carbocycles. The zero-order valence-electron chi connectivity index (χ0n) is 86.6. The van der Waals surface area contributed by atoms with Crippen LogP contribution in [0.2, 0.25) is 0 Å². The number of nitrogens with zero attached hydrogens (tertiary/aromatic N) is 16. The van der Waals surface area contributed by atoms with Gasteiger partial charge in [0.1, 0.15) is 61.4 Å². The molecule has 0 radical (unpaired) electrons. The molecule has 149 heavy (non-hydrogen) atoms. The summed E-state index contributed by atoms with van der Waals surface area (Å²) in [4.78, 5) is 76.3. The quantitative estimate of drug-likeness (QED) is 0.0196. The zero-order chi connectivity index (χ0) is 102. The van der Waals surface area contributed by atoms with Crippen molar-refractivity contribution in [3.8, 4) is 56.4 Å². The van der Waals surface area contributed by atoms with Crippen LogP contribution >= 0.6 is 0 Å². The van der Waals surface area contributed by atoms with Crippen LogP contribution in [-0.2, 0) is 104 Å². The van der Waals surface area contributed by atoms with Gasteiger partial charge in [-0.3, -0.25) is 44.6 Å². The minimum absolute atomic E-state index is 0. The number of aryl methyl sites for hydroxylation is 1. The Kier molecular flexibility index (Phi) is 40.8. The van der Waals surface area contributed by atoms with Crippen LogP contribution in [0.4, 0.5) is 28.4 Å². The van der Waals surface area contributed by atoms with Gasteiger partial charge in [-0.15, -0.1) is 36.7 Å². The van der Waals surface area contributed by atoms with Crippen LogP contribution in [0.1, 0.15) is 123 Å². The van der Waals surface area contributed by atoms with Gasteiger partial charge in [0.15, 0.2) is 0 Å². The first kappa shape index (κ1) is 112. The Morgan fingerprint density at radius 1 is 0.383 bits per heavy atom. The Morgan fingerprint density at radius 2 is 0.772 bits per heavy atom. The van der Waals surface area contributed by atoms with E-state index in [-0.39, 0.29) is 75.1 Å². The Labute approximate surface area is 909 Å². The first-order chi connectivity index (χ1) is 71.2. The number of benzene rings is 9. The first-order valence-corrected chi connectivity index (χ1v) is 50.0. The molecule has 0 bridgehead atoms. The zero-order valence-corrected chi connectivity index (χ0v) is 95.5. The maximum atomic E-state index is 12.9. The standard InChI is InChI=1S/C43H48N6O3.C39H40N6O3.C39H37N4O3.3Zn/c1-5-48(6-2)34-16-19-37-40(28-34)52-41-29-35(49(7-3)8-4)17-20-38(41)42(37)36-18-15-32(27-39(36)43(50)51)46-24-26-47(30-33-14-10-12-23-45-33)25-21-31-13-9-11-22-44-31;1-43(2)30-12-15-33-36(24-30)48-37-25-31(44(3)4)13-16-34(37)38(33)32-14-11-28(23-35(32)39(46)47)42-20-22-45(26-29-10-6-8-19-41-29)21-17-27-9-5-7-18-40-27;1-3-27-11-14-33-36(23-27)46-37-24-28(4-2)12-15-34(37)38(33)32-16-13-30(25-35(32)39(44)45)42-20-22-43(26-31-10-6-8-19-41-31)21-17-29-9-5-7-18-40-29;;;/h9-20,22-23,27-29H,5-8,21,24-26,30H2,1-4H3,(H,50,51);5-16,18-19,23-25H,17,20-22,26H2,1-4H3,(H,46,47);3,5-16,18-19,23-25H,4,17,20-22,26H2,1-2H3,(H,44,45);;;/q;;-1;3*+2/p-3/b;;27-3+;;;. The molecule has 744 valence electrons. The van der Waals surface area contributed by atoms with Crippen molar-refractivity contribution in [2.45, 2.75) is 86.9 Å². The summed E-state index contributed by atoms with van der Waals surface area (Å²) in [5.41, 5.74) is 19.2. The largest absolute Gasteiger partial charge is 2.00 e. The van der Waals surface area contributed by atoms with Gasteiger partial charge in [0, 0.05) is 242 Å². The topological polar surface area (TPSA) is 298 Å². The van der Waals surface area contributed by atoms with Crippen molar-refractivity contribution in [2.75, 3.05) is 123 Å². The molecule has 13 aromatic rings. The number of carboxylic acids is 3. The molecule has 0 atom stereocenters. The Hall–Kier alpha value is -14.5. The number of anilines is 2. The summed E-state index contributed by atoms with van der Waals surface area (Å²) in [5, 5.41) is 58.2. The molecule has 9 heterocycles. The van der Waals surface area contributed by atoms with Crippen molar-refractivity contribution in [1.82, 2.24) is 53.8 Å². The molecule has 0 spiro atoms. The fraction of sp³-hybridized carbons (Fsp3) is 0.248. The first-order valence-electron chi connectivity index (χ1n) is 50.0. The monoisotopic (exact) mass is 2130 g/mol. The maximum absolute atomic E-state index is 12.9. The van der Waals surface area contributed by atoms with Gasteiger partial charge < -0.3 is 69.0 Å². The van der Waals surface area contributed by atoms with Crippen molar-refractivity contribution < 1.29 is 102 Å². The molecule has 0 saturated carbocycles. The predicted octanol–water partition coefficient (Wildman–Crippen LogP) is 17.3. The summed E-state index contributed by atoms with van der Waals surface area (Å²) in [7, 11) is 7.90. The summed E-state index contributed by atoms with van der Waals surface area (Å²) in [6.45, 7) is 23.9. The number of fused-ring (bicyclic) bond motifs is 6. The third-order valence-corrected chi connectivity index (χ3v) is 26.4. The average molecular weight is 2140 g/mol. The SMILES string of the molecule is C/C=c1\ccc2c(c1)Oc1cc(CC)ccc1C=2c1ccc([N-]CCN(CCc2ccccn2)Cc2ccccn2)cc1C(=O)[O-].CCN(CC)c1ccc2c(-c3ccc([N-]CCN(CCc4ccccn4)Cc4ccccn4)cc3C(=O)[O-])c3ccc(=[N+](CC)CC)cc-3oc2c1.CN(C)c1ccc2c(-c3ccc([N-]CCN(CCc4ccccn4)Cc4ccccn4)cc3C(=O)[O-])c3ccc(=[N+](C)C)cc-3oc2c1.[Zn+2].[Zn+2].[Zn+2]. The van der Waals surface area contributed by atoms with Gasteiger partial charge in [-0.05, 0) is 216 Å². The number of rotatable bonds is 40. The van der Waals surface area contributed by atoms with Crippen molar-refractivity contribution in [3.05, 3.63) is 415 Å².